The van der Waals surface area contributed by atoms with Crippen molar-refractivity contribution in [2.45, 2.75) is 50.3 Å². The molecule has 240 valence electrons. The number of pyridine rings is 1. The zero-order chi connectivity index (χ0) is 32.1. The molecule has 0 spiro atoms. The van der Waals surface area contributed by atoms with Gasteiger partial charge in [0.05, 0.1) is 23.2 Å². The number of ether oxygens (including phenoxy) is 2. The van der Waals surface area contributed by atoms with Crippen LogP contribution in [0.15, 0.2) is 102 Å². The Morgan fingerprint density at radius 2 is 1.72 bits per heavy atom. The van der Waals surface area contributed by atoms with Crippen LogP contribution in [0.1, 0.15) is 50.7 Å². The second-order valence-electron chi connectivity index (χ2n) is 11.3. The van der Waals surface area contributed by atoms with Crippen molar-refractivity contribution in [2.24, 2.45) is 0 Å². The topological polar surface area (TPSA) is 80.8 Å². The van der Waals surface area contributed by atoms with Gasteiger partial charge < -0.3 is 19.7 Å². The van der Waals surface area contributed by atoms with Gasteiger partial charge in [-0.3, -0.25) is 9.00 Å². The molecule has 1 aliphatic rings. The summed E-state index contributed by atoms with van der Waals surface area (Å²) >= 11 is 0. The lowest BCUT2D eigenvalue weighted by atomic mass is 10.00. The lowest BCUT2D eigenvalue weighted by molar-refractivity contribution is -0.112. The molecule has 8 heteroatoms. The third-order valence-electron chi connectivity index (χ3n) is 7.84. The Labute approximate surface area is 275 Å². The number of carbonyl (C=O) groups is 1. The van der Waals surface area contributed by atoms with E-state index in [4.69, 9.17) is 9.47 Å². The van der Waals surface area contributed by atoms with E-state index in [0.717, 1.165) is 78.2 Å². The number of unbranched alkanes of at least 4 members (excludes halogenated alkanes) is 1. The number of fused-ring (bicyclic) bond motifs is 1. The van der Waals surface area contributed by atoms with Crippen molar-refractivity contribution in [2.75, 3.05) is 43.1 Å². The Kier molecular flexibility index (Phi) is 12.1. The number of nitrogens with one attached hydrogen (secondary N) is 1. The lowest BCUT2D eigenvalue weighted by Gasteiger charge is -2.25. The molecular formula is C38H43N3O4S. The van der Waals surface area contributed by atoms with Crippen LogP contribution in [0.4, 0.5) is 11.4 Å². The molecule has 0 bridgehead atoms. The molecule has 1 atom stereocenters. The number of rotatable bonds is 15. The molecule has 1 amide bonds. The Morgan fingerprint density at radius 1 is 0.913 bits per heavy atom. The van der Waals surface area contributed by atoms with Gasteiger partial charge in [-0.15, -0.1) is 0 Å². The summed E-state index contributed by atoms with van der Waals surface area (Å²) in [6.07, 6.45) is 7.54. The fourth-order valence-electron chi connectivity index (χ4n) is 5.37. The summed E-state index contributed by atoms with van der Waals surface area (Å²) < 4.78 is 24.1. The standard InChI is InChI=1S/C38H43N3O4S/c1-3-5-23-44-24-25-45-35-16-11-30(12-17-35)31-13-18-36-33(26-31)27-32(19-22-41(36)21-4-2)38(42)40-34-14-9-29(10-15-34)28-46(43)37-8-6-7-20-39-37/h6-18,20,26-27H,3-5,19,21-25,28H2,1-2H3,(H,40,42). The third kappa shape index (κ3) is 9.14. The summed E-state index contributed by atoms with van der Waals surface area (Å²) in [6, 6.07) is 27.6. The first-order valence-corrected chi connectivity index (χ1v) is 17.5. The van der Waals surface area contributed by atoms with Gasteiger partial charge in [0.25, 0.3) is 5.91 Å². The van der Waals surface area contributed by atoms with Gasteiger partial charge in [-0.25, -0.2) is 4.98 Å². The normalized spacial score (nSPS) is 13.3. The molecule has 3 aromatic carbocycles. The van der Waals surface area contributed by atoms with Crippen LogP contribution in [-0.2, 0) is 26.1 Å². The van der Waals surface area contributed by atoms with E-state index in [0.29, 0.717) is 36.1 Å². The monoisotopic (exact) mass is 637 g/mol. The van der Waals surface area contributed by atoms with E-state index in [1.165, 1.54) is 0 Å². The maximum atomic E-state index is 13.5. The number of aromatic nitrogens is 1. The number of carbonyl (C=O) groups excluding carboxylic acids is 1. The van der Waals surface area contributed by atoms with Crippen molar-refractivity contribution in [1.29, 1.82) is 0 Å². The zero-order valence-electron chi connectivity index (χ0n) is 26.7. The molecule has 0 saturated carbocycles. The van der Waals surface area contributed by atoms with Crippen LogP contribution in [-0.4, -0.2) is 48.0 Å². The summed E-state index contributed by atoms with van der Waals surface area (Å²) in [5.41, 5.74) is 6.71. The molecule has 0 radical (unpaired) electrons. The lowest BCUT2D eigenvalue weighted by Crippen LogP contribution is -2.26. The highest BCUT2D eigenvalue weighted by Crippen LogP contribution is 2.33. The van der Waals surface area contributed by atoms with Gasteiger partial charge in [-0.1, -0.05) is 56.7 Å². The van der Waals surface area contributed by atoms with Gasteiger partial charge in [0.15, 0.2) is 0 Å². The van der Waals surface area contributed by atoms with Gasteiger partial charge in [0, 0.05) is 42.8 Å². The Morgan fingerprint density at radius 3 is 2.46 bits per heavy atom. The fraction of sp³-hybridized carbons (Fsp3) is 0.316. The van der Waals surface area contributed by atoms with E-state index in [-0.39, 0.29) is 5.91 Å². The fourth-order valence-corrected chi connectivity index (χ4v) is 6.42. The number of nitrogens with zero attached hydrogens (tertiary/aromatic N) is 2. The minimum atomic E-state index is -1.23. The van der Waals surface area contributed by atoms with E-state index in [2.05, 4.69) is 59.4 Å². The molecule has 0 aliphatic carbocycles. The molecule has 1 unspecified atom stereocenters. The van der Waals surface area contributed by atoms with Crippen molar-refractivity contribution in [1.82, 2.24) is 4.98 Å². The smallest absolute Gasteiger partial charge is 0.251 e. The molecule has 5 rings (SSSR count). The third-order valence-corrected chi connectivity index (χ3v) is 9.14. The molecule has 1 N–H and O–H groups in total. The van der Waals surface area contributed by atoms with Crippen molar-refractivity contribution in [3.05, 3.63) is 108 Å². The van der Waals surface area contributed by atoms with Gasteiger partial charge in [0.1, 0.15) is 17.4 Å². The van der Waals surface area contributed by atoms with Crippen LogP contribution >= 0.6 is 0 Å². The molecule has 2 heterocycles. The number of hydrogen-bond donors (Lipinski definition) is 1. The van der Waals surface area contributed by atoms with Crippen LogP contribution in [0, 0.1) is 0 Å². The van der Waals surface area contributed by atoms with Crippen molar-refractivity contribution in [3.8, 4) is 16.9 Å². The quantitative estimate of drug-likeness (QED) is 0.134. The first-order valence-electron chi connectivity index (χ1n) is 16.1. The summed E-state index contributed by atoms with van der Waals surface area (Å²) in [5, 5.41) is 3.64. The van der Waals surface area contributed by atoms with E-state index >= 15 is 0 Å². The van der Waals surface area contributed by atoms with Gasteiger partial charge in [-0.2, -0.15) is 0 Å². The Balaban J connectivity index is 1.26. The highest BCUT2D eigenvalue weighted by molar-refractivity contribution is 7.84. The van der Waals surface area contributed by atoms with Crippen molar-refractivity contribution < 1.29 is 18.5 Å². The van der Waals surface area contributed by atoms with E-state index in [1.54, 1.807) is 12.3 Å². The molecule has 46 heavy (non-hydrogen) atoms. The summed E-state index contributed by atoms with van der Waals surface area (Å²) in [4.78, 5) is 20.1. The molecular weight excluding hydrogens is 595 g/mol. The van der Waals surface area contributed by atoms with Crippen LogP contribution in [0.25, 0.3) is 17.2 Å². The number of hydrogen-bond acceptors (Lipinski definition) is 6. The average molecular weight is 638 g/mol. The molecule has 0 saturated heterocycles. The van der Waals surface area contributed by atoms with E-state index in [1.807, 2.05) is 54.6 Å². The highest BCUT2D eigenvalue weighted by atomic mass is 32.2. The summed E-state index contributed by atoms with van der Waals surface area (Å²) in [7, 11) is -1.23. The summed E-state index contributed by atoms with van der Waals surface area (Å²) in [6.45, 7) is 7.91. The van der Waals surface area contributed by atoms with Crippen LogP contribution in [0.5, 0.6) is 5.75 Å². The second-order valence-corrected chi connectivity index (χ2v) is 12.7. The first-order chi connectivity index (χ1) is 22.5. The molecule has 1 aliphatic heterocycles. The Hall–Kier alpha value is -4.27. The van der Waals surface area contributed by atoms with Crippen LogP contribution in [0.2, 0.25) is 0 Å². The maximum absolute atomic E-state index is 13.5. The van der Waals surface area contributed by atoms with Crippen molar-refractivity contribution >= 4 is 34.2 Å². The minimum absolute atomic E-state index is 0.111. The molecule has 4 aromatic rings. The number of benzene rings is 3. The largest absolute Gasteiger partial charge is 0.491 e. The average Bonchev–Trinajstić information content (AvgIpc) is 3.27. The SMILES string of the molecule is CCCCOCCOc1ccc(-c2ccc3c(c2)C=C(C(=O)Nc2ccc(CS(=O)c4ccccn4)cc2)CCN3CCC)cc1. The van der Waals surface area contributed by atoms with E-state index in [9.17, 15) is 9.00 Å². The van der Waals surface area contributed by atoms with E-state index < -0.39 is 10.8 Å². The van der Waals surface area contributed by atoms with Gasteiger partial charge in [-0.05, 0) is 96.1 Å². The van der Waals surface area contributed by atoms with Crippen LogP contribution < -0.4 is 15.0 Å². The zero-order valence-corrected chi connectivity index (χ0v) is 27.6. The molecule has 0 fully saturated rings. The summed E-state index contributed by atoms with van der Waals surface area (Å²) in [5.74, 6) is 1.08. The predicted molar refractivity (Wildman–Crippen MR) is 188 cm³/mol. The first kappa shape index (κ1) is 33.1. The van der Waals surface area contributed by atoms with Gasteiger partial charge in [0.2, 0.25) is 0 Å². The van der Waals surface area contributed by atoms with Crippen molar-refractivity contribution in [3.63, 3.8) is 0 Å². The highest BCUT2D eigenvalue weighted by Gasteiger charge is 2.20. The molecule has 1 aromatic heterocycles. The second kappa shape index (κ2) is 16.9. The number of amides is 1. The van der Waals surface area contributed by atoms with Crippen LogP contribution in [0.3, 0.4) is 0 Å². The minimum Gasteiger partial charge on any atom is -0.491 e. The Bertz CT molecular complexity index is 1620. The maximum Gasteiger partial charge on any atom is 0.251 e. The molecule has 7 nitrogen and oxygen atoms in total. The number of anilines is 2. The van der Waals surface area contributed by atoms with Gasteiger partial charge >= 0.3 is 0 Å². The predicted octanol–water partition coefficient (Wildman–Crippen LogP) is 7.89.